The van der Waals surface area contributed by atoms with Crippen molar-refractivity contribution in [1.29, 1.82) is 0 Å². The van der Waals surface area contributed by atoms with Gasteiger partial charge in [0, 0.05) is 13.2 Å². The van der Waals surface area contributed by atoms with Gasteiger partial charge in [0.2, 0.25) is 0 Å². The van der Waals surface area contributed by atoms with Crippen LogP contribution in [0.3, 0.4) is 0 Å². The minimum atomic E-state index is -1.12. The number of amides is 3. The van der Waals surface area contributed by atoms with Crippen molar-refractivity contribution in [1.82, 2.24) is 20.4 Å². The SMILES string of the molecule is CCO[C@H](CN1C(=O)c2ccccc2C1=O)[C@@H](O)CNC(=O)c1ccnnc1. The molecule has 9 heteroatoms. The van der Waals surface area contributed by atoms with E-state index in [-0.39, 0.29) is 19.7 Å². The molecule has 3 amide bonds. The van der Waals surface area contributed by atoms with Crippen LogP contribution in [0.5, 0.6) is 0 Å². The molecular weight excluding hydrogens is 364 g/mol. The third kappa shape index (κ3) is 4.05. The number of ether oxygens (including phenoxy) is 1. The average molecular weight is 384 g/mol. The molecular formula is C19H20N4O5. The van der Waals surface area contributed by atoms with Crippen LogP contribution in [0.1, 0.15) is 38.0 Å². The molecule has 1 aromatic heterocycles. The van der Waals surface area contributed by atoms with Gasteiger partial charge in [-0.2, -0.15) is 10.2 Å². The van der Waals surface area contributed by atoms with E-state index in [0.29, 0.717) is 16.7 Å². The van der Waals surface area contributed by atoms with Gasteiger partial charge in [-0.3, -0.25) is 19.3 Å². The monoisotopic (exact) mass is 384 g/mol. The van der Waals surface area contributed by atoms with E-state index in [1.165, 1.54) is 18.5 Å². The van der Waals surface area contributed by atoms with Gasteiger partial charge in [0.15, 0.2) is 0 Å². The Morgan fingerprint density at radius 1 is 1.18 bits per heavy atom. The Morgan fingerprint density at radius 3 is 2.43 bits per heavy atom. The van der Waals surface area contributed by atoms with E-state index >= 15 is 0 Å². The van der Waals surface area contributed by atoms with E-state index in [2.05, 4.69) is 15.5 Å². The van der Waals surface area contributed by atoms with Gasteiger partial charge >= 0.3 is 0 Å². The highest BCUT2D eigenvalue weighted by atomic mass is 16.5. The van der Waals surface area contributed by atoms with Crippen LogP contribution in [0.15, 0.2) is 42.7 Å². The Balaban J connectivity index is 1.64. The number of nitrogens with zero attached hydrogens (tertiary/aromatic N) is 3. The number of benzene rings is 1. The smallest absolute Gasteiger partial charge is 0.261 e. The van der Waals surface area contributed by atoms with Crippen LogP contribution >= 0.6 is 0 Å². The normalized spacial score (nSPS) is 15.3. The predicted molar refractivity (Wildman–Crippen MR) is 97.6 cm³/mol. The number of rotatable bonds is 8. The molecule has 0 saturated carbocycles. The summed E-state index contributed by atoms with van der Waals surface area (Å²) in [5.41, 5.74) is 0.960. The number of carbonyl (C=O) groups excluding carboxylic acids is 3. The van der Waals surface area contributed by atoms with Gasteiger partial charge in [0.1, 0.15) is 6.10 Å². The van der Waals surface area contributed by atoms with Crippen molar-refractivity contribution in [2.24, 2.45) is 0 Å². The lowest BCUT2D eigenvalue weighted by atomic mass is 10.1. The van der Waals surface area contributed by atoms with Crippen LogP contribution < -0.4 is 5.32 Å². The summed E-state index contributed by atoms with van der Waals surface area (Å²) in [5, 5.41) is 20.3. The number of hydrogen-bond donors (Lipinski definition) is 2. The van der Waals surface area contributed by atoms with Gasteiger partial charge in [0.25, 0.3) is 17.7 Å². The molecule has 9 nitrogen and oxygen atoms in total. The zero-order valence-corrected chi connectivity index (χ0v) is 15.2. The predicted octanol–water partition coefficient (Wildman–Crippen LogP) is 0.269. The average Bonchev–Trinajstić information content (AvgIpc) is 2.97. The molecule has 1 aliphatic rings. The molecule has 0 aliphatic carbocycles. The van der Waals surface area contributed by atoms with Crippen molar-refractivity contribution in [2.75, 3.05) is 19.7 Å². The van der Waals surface area contributed by atoms with Gasteiger partial charge in [-0.25, -0.2) is 0 Å². The van der Waals surface area contributed by atoms with Gasteiger partial charge < -0.3 is 15.2 Å². The summed E-state index contributed by atoms with van der Waals surface area (Å²) in [7, 11) is 0. The van der Waals surface area contributed by atoms with E-state index in [0.717, 1.165) is 4.90 Å². The lowest BCUT2D eigenvalue weighted by molar-refractivity contribution is -0.0405. The number of fused-ring (bicyclic) bond motifs is 1. The van der Waals surface area contributed by atoms with Crippen LogP contribution in [-0.2, 0) is 4.74 Å². The zero-order valence-electron chi connectivity index (χ0n) is 15.2. The fraction of sp³-hybridized carbons (Fsp3) is 0.316. The molecule has 3 rings (SSSR count). The molecule has 0 spiro atoms. The highest BCUT2D eigenvalue weighted by molar-refractivity contribution is 6.21. The summed E-state index contributed by atoms with van der Waals surface area (Å²) in [6.07, 6.45) is 0.725. The summed E-state index contributed by atoms with van der Waals surface area (Å²) < 4.78 is 5.53. The zero-order chi connectivity index (χ0) is 20.1. The van der Waals surface area contributed by atoms with Crippen LogP contribution in [0.2, 0.25) is 0 Å². The molecule has 28 heavy (non-hydrogen) atoms. The highest BCUT2D eigenvalue weighted by Gasteiger charge is 2.37. The van der Waals surface area contributed by atoms with Crippen molar-refractivity contribution >= 4 is 17.7 Å². The Bertz CT molecular complexity index is 839. The van der Waals surface area contributed by atoms with E-state index in [1.807, 2.05) is 0 Å². The molecule has 2 atom stereocenters. The minimum Gasteiger partial charge on any atom is -0.388 e. The van der Waals surface area contributed by atoms with Crippen molar-refractivity contribution < 1.29 is 24.2 Å². The standard InChI is InChI=1S/C19H20N4O5/c1-2-28-16(15(24)10-20-17(25)12-7-8-21-22-9-12)11-23-18(26)13-5-3-4-6-14(13)19(23)27/h3-9,15-16,24H,2,10-11H2,1H3,(H,20,25)/t15-,16+/m0/s1. The summed E-state index contributed by atoms with van der Waals surface area (Å²) in [6, 6.07) is 8.04. The molecule has 2 heterocycles. The molecule has 0 saturated heterocycles. The highest BCUT2D eigenvalue weighted by Crippen LogP contribution is 2.23. The quantitative estimate of drug-likeness (QED) is 0.627. The first-order valence-electron chi connectivity index (χ1n) is 8.82. The van der Waals surface area contributed by atoms with E-state index in [1.54, 1.807) is 31.2 Å². The first-order valence-corrected chi connectivity index (χ1v) is 8.82. The Morgan fingerprint density at radius 2 is 1.86 bits per heavy atom. The fourth-order valence-corrected chi connectivity index (χ4v) is 2.94. The number of imide groups is 1. The number of carbonyl (C=O) groups is 3. The minimum absolute atomic E-state index is 0.116. The number of hydrogen-bond acceptors (Lipinski definition) is 7. The van der Waals surface area contributed by atoms with E-state index < -0.39 is 29.9 Å². The Kier molecular flexibility index (Phi) is 6.07. The molecule has 2 N–H and O–H groups in total. The fourth-order valence-electron chi connectivity index (χ4n) is 2.94. The van der Waals surface area contributed by atoms with E-state index in [9.17, 15) is 19.5 Å². The molecule has 0 fully saturated rings. The van der Waals surface area contributed by atoms with Crippen molar-refractivity contribution in [3.05, 3.63) is 59.4 Å². The second kappa shape index (κ2) is 8.68. The third-order valence-electron chi connectivity index (χ3n) is 4.37. The van der Waals surface area contributed by atoms with Crippen LogP contribution in [0, 0.1) is 0 Å². The molecule has 1 aromatic carbocycles. The Hall–Kier alpha value is -3.17. The van der Waals surface area contributed by atoms with Gasteiger partial charge in [-0.1, -0.05) is 12.1 Å². The summed E-state index contributed by atoms with van der Waals surface area (Å²) >= 11 is 0. The molecule has 0 radical (unpaired) electrons. The molecule has 2 aromatic rings. The third-order valence-corrected chi connectivity index (χ3v) is 4.37. The number of nitrogens with one attached hydrogen (secondary N) is 1. The van der Waals surface area contributed by atoms with Gasteiger partial charge in [-0.05, 0) is 25.1 Å². The van der Waals surface area contributed by atoms with E-state index in [4.69, 9.17) is 4.74 Å². The second-order valence-electron chi connectivity index (χ2n) is 6.17. The molecule has 1 aliphatic heterocycles. The molecule has 0 unspecified atom stereocenters. The maximum Gasteiger partial charge on any atom is 0.261 e. The molecule has 146 valence electrons. The van der Waals surface area contributed by atoms with Crippen molar-refractivity contribution in [3.8, 4) is 0 Å². The summed E-state index contributed by atoms with van der Waals surface area (Å²) in [4.78, 5) is 38.1. The summed E-state index contributed by atoms with van der Waals surface area (Å²) in [6.45, 7) is 1.78. The number of aromatic nitrogens is 2. The van der Waals surface area contributed by atoms with Crippen molar-refractivity contribution in [3.63, 3.8) is 0 Å². The topological polar surface area (TPSA) is 122 Å². The van der Waals surface area contributed by atoms with Crippen molar-refractivity contribution in [2.45, 2.75) is 19.1 Å². The lowest BCUT2D eigenvalue weighted by Crippen LogP contribution is -2.47. The van der Waals surface area contributed by atoms with Crippen LogP contribution in [0.4, 0.5) is 0 Å². The maximum atomic E-state index is 12.5. The van der Waals surface area contributed by atoms with Crippen LogP contribution in [-0.4, -0.2) is 69.8 Å². The largest absolute Gasteiger partial charge is 0.388 e. The Labute approximate surface area is 161 Å². The maximum absolute atomic E-state index is 12.5. The number of aliphatic hydroxyl groups excluding tert-OH is 1. The molecule has 0 bridgehead atoms. The lowest BCUT2D eigenvalue weighted by Gasteiger charge is -2.26. The first-order chi connectivity index (χ1) is 13.5. The second-order valence-corrected chi connectivity index (χ2v) is 6.17. The van der Waals surface area contributed by atoms with Gasteiger partial charge in [-0.15, -0.1) is 0 Å². The number of aliphatic hydroxyl groups is 1. The first kappa shape index (κ1) is 19.6. The summed E-state index contributed by atoms with van der Waals surface area (Å²) in [5.74, 6) is -1.28. The van der Waals surface area contributed by atoms with Crippen LogP contribution in [0.25, 0.3) is 0 Å². The van der Waals surface area contributed by atoms with Gasteiger partial charge in [0.05, 0.1) is 41.7 Å².